The monoisotopic (exact) mass is 279 g/mol. The normalized spacial score (nSPS) is 10.3. The molecule has 5 heteroatoms. The van der Waals surface area contributed by atoms with Crippen molar-refractivity contribution in [2.75, 3.05) is 11.1 Å². The van der Waals surface area contributed by atoms with Gasteiger partial charge in [-0.1, -0.05) is 12.1 Å². The maximum absolute atomic E-state index is 11.7. The number of thioether (sulfide) groups is 1. The van der Waals surface area contributed by atoms with Gasteiger partial charge >= 0.3 is 0 Å². The maximum atomic E-state index is 11.7. The highest BCUT2D eigenvalue weighted by Crippen LogP contribution is 2.15. The zero-order valence-corrected chi connectivity index (χ0v) is 12.0. The Hall–Kier alpha value is -1.62. The Morgan fingerprint density at radius 3 is 2.37 bits per heavy atom. The molecule has 1 N–H and O–H groups in total. The van der Waals surface area contributed by atoms with Crippen LogP contribution in [0.2, 0.25) is 0 Å². The second-order valence-electron chi connectivity index (χ2n) is 4.33. The number of aryl methyl sites for hydroxylation is 1. The molecule has 0 aromatic heterocycles. The Labute approximate surface area is 117 Å². The number of anilines is 1. The molecule has 0 spiro atoms. The summed E-state index contributed by atoms with van der Waals surface area (Å²) in [4.78, 5) is 34.2. The second kappa shape index (κ2) is 7.09. The third kappa shape index (κ3) is 5.26. The fourth-order valence-electron chi connectivity index (χ4n) is 1.60. The van der Waals surface area contributed by atoms with Gasteiger partial charge in [0, 0.05) is 5.69 Å². The van der Waals surface area contributed by atoms with Crippen LogP contribution in [-0.2, 0) is 14.4 Å². The third-order valence-corrected chi connectivity index (χ3v) is 3.85. The van der Waals surface area contributed by atoms with Crippen molar-refractivity contribution in [1.29, 1.82) is 0 Å². The highest BCUT2D eigenvalue weighted by atomic mass is 32.2. The van der Waals surface area contributed by atoms with Gasteiger partial charge in [-0.25, -0.2) is 0 Å². The number of rotatable bonds is 6. The number of Topliss-reactive ketones (excluding diaryl/α,β-unsaturated/α-hetero) is 2. The molecule has 1 aromatic carbocycles. The second-order valence-corrected chi connectivity index (χ2v) is 5.42. The van der Waals surface area contributed by atoms with Crippen LogP contribution in [0.3, 0.4) is 0 Å². The Bertz CT molecular complexity index is 485. The summed E-state index contributed by atoms with van der Waals surface area (Å²) in [6.07, 6.45) is 0. The van der Waals surface area contributed by atoms with Crippen molar-refractivity contribution in [2.45, 2.75) is 26.0 Å². The summed E-state index contributed by atoms with van der Waals surface area (Å²) >= 11 is 1.06. The highest BCUT2D eigenvalue weighted by molar-refractivity contribution is 8.02. The molecule has 0 saturated heterocycles. The fraction of sp³-hybridized carbons (Fsp3) is 0.357. The summed E-state index contributed by atoms with van der Waals surface area (Å²) in [6, 6.07) is 7.44. The van der Waals surface area contributed by atoms with Gasteiger partial charge < -0.3 is 5.32 Å². The molecule has 0 fully saturated rings. The van der Waals surface area contributed by atoms with Crippen LogP contribution in [0.4, 0.5) is 5.69 Å². The fourth-order valence-corrected chi connectivity index (χ4v) is 2.46. The predicted octanol–water partition coefficient (Wildman–Crippen LogP) is 2.21. The van der Waals surface area contributed by atoms with E-state index >= 15 is 0 Å². The molecule has 1 amide bonds. The van der Waals surface area contributed by atoms with Gasteiger partial charge in [0.25, 0.3) is 0 Å². The Balaban J connectivity index is 2.52. The molecular formula is C14H17NO3S. The average molecular weight is 279 g/mol. The number of amides is 1. The summed E-state index contributed by atoms with van der Waals surface area (Å²) in [5.41, 5.74) is 1.77. The molecule has 0 aliphatic rings. The molecule has 0 bridgehead atoms. The molecule has 0 atom stereocenters. The molecule has 0 aliphatic heterocycles. The smallest absolute Gasteiger partial charge is 0.234 e. The summed E-state index contributed by atoms with van der Waals surface area (Å²) in [5, 5.41) is 1.99. The molecule has 0 saturated carbocycles. The number of carbonyl (C=O) groups is 3. The molecule has 0 radical (unpaired) electrons. The van der Waals surface area contributed by atoms with Crippen molar-refractivity contribution >= 4 is 34.9 Å². The van der Waals surface area contributed by atoms with E-state index in [0.717, 1.165) is 17.3 Å². The number of nitrogens with one attached hydrogen (secondary N) is 1. The largest absolute Gasteiger partial charge is 0.325 e. The predicted molar refractivity (Wildman–Crippen MR) is 77.4 cm³/mol. The number of hydrogen-bond donors (Lipinski definition) is 1. The third-order valence-electron chi connectivity index (χ3n) is 2.42. The van der Waals surface area contributed by atoms with E-state index in [1.54, 1.807) is 6.07 Å². The average Bonchev–Trinajstić information content (AvgIpc) is 2.27. The molecule has 102 valence electrons. The molecule has 0 unspecified atom stereocenters. The van der Waals surface area contributed by atoms with E-state index < -0.39 is 5.25 Å². The first-order valence-electron chi connectivity index (χ1n) is 5.89. The summed E-state index contributed by atoms with van der Waals surface area (Å²) in [5.74, 6) is -0.581. The summed E-state index contributed by atoms with van der Waals surface area (Å²) < 4.78 is 0. The van der Waals surface area contributed by atoms with E-state index in [-0.39, 0.29) is 23.2 Å². The summed E-state index contributed by atoms with van der Waals surface area (Å²) in [6.45, 7) is 4.65. The molecule has 19 heavy (non-hydrogen) atoms. The van der Waals surface area contributed by atoms with Crippen LogP contribution in [0.25, 0.3) is 0 Å². The molecule has 0 heterocycles. The highest BCUT2D eigenvalue weighted by Gasteiger charge is 2.21. The SMILES string of the molecule is CC(=O)C(SCC(=O)Nc1cccc(C)c1)C(C)=O. The standard InChI is InChI=1S/C14H17NO3S/c1-9-5-4-6-12(7-9)15-13(18)8-19-14(10(2)16)11(3)17/h4-7,14H,8H2,1-3H3,(H,15,18). The van der Waals surface area contributed by atoms with Crippen LogP contribution in [0.15, 0.2) is 24.3 Å². The van der Waals surface area contributed by atoms with Crippen molar-refractivity contribution in [3.63, 3.8) is 0 Å². The lowest BCUT2D eigenvalue weighted by molar-refractivity contribution is -0.123. The maximum Gasteiger partial charge on any atom is 0.234 e. The Morgan fingerprint density at radius 1 is 1.21 bits per heavy atom. The van der Waals surface area contributed by atoms with E-state index in [2.05, 4.69) is 5.32 Å². The summed E-state index contributed by atoms with van der Waals surface area (Å²) in [7, 11) is 0. The number of hydrogen-bond acceptors (Lipinski definition) is 4. The first-order chi connectivity index (χ1) is 8.90. The van der Waals surface area contributed by atoms with E-state index in [0.29, 0.717) is 5.69 Å². The van der Waals surface area contributed by atoms with Crippen molar-refractivity contribution in [1.82, 2.24) is 0 Å². The van der Waals surface area contributed by atoms with Crippen molar-refractivity contribution < 1.29 is 14.4 Å². The molecule has 1 rings (SSSR count). The minimum Gasteiger partial charge on any atom is -0.325 e. The van der Waals surface area contributed by atoms with Crippen molar-refractivity contribution in [3.05, 3.63) is 29.8 Å². The van der Waals surface area contributed by atoms with Gasteiger partial charge in [-0.3, -0.25) is 14.4 Å². The van der Waals surface area contributed by atoms with E-state index in [1.165, 1.54) is 13.8 Å². The first-order valence-corrected chi connectivity index (χ1v) is 6.94. The van der Waals surface area contributed by atoms with Crippen molar-refractivity contribution in [2.24, 2.45) is 0 Å². The van der Waals surface area contributed by atoms with Gasteiger partial charge in [-0.15, -0.1) is 11.8 Å². The Morgan fingerprint density at radius 2 is 1.84 bits per heavy atom. The van der Waals surface area contributed by atoms with Crippen LogP contribution >= 0.6 is 11.8 Å². The van der Waals surface area contributed by atoms with Crippen LogP contribution < -0.4 is 5.32 Å². The molecule has 1 aromatic rings. The van der Waals surface area contributed by atoms with Crippen molar-refractivity contribution in [3.8, 4) is 0 Å². The molecule has 4 nitrogen and oxygen atoms in total. The number of ketones is 2. The van der Waals surface area contributed by atoms with Gasteiger partial charge in [0.15, 0.2) is 0 Å². The van der Waals surface area contributed by atoms with Crippen LogP contribution in [0.1, 0.15) is 19.4 Å². The quantitative estimate of drug-likeness (QED) is 0.811. The van der Waals surface area contributed by atoms with Crippen LogP contribution in [0, 0.1) is 6.92 Å². The van der Waals surface area contributed by atoms with E-state index in [4.69, 9.17) is 0 Å². The number of carbonyl (C=O) groups excluding carboxylic acids is 3. The lowest BCUT2D eigenvalue weighted by Crippen LogP contribution is -2.25. The Kier molecular flexibility index (Phi) is 5.76. The zero-order valence-electron chi connectivity index (χ0n) is 11.2. The van der Waals surface area contributed by atoms with Gasteiger partial charge in [-0.05, 0) is 38.5 Å². The van der Waals surface area contributed by atoms with Gasteiger partial charge in [0.05, 0.1) is 5.75 Å². The van der Waals surface area contributed by atoms with Crippen LogP contribution in [-0.4, -0.2) is 28.5 Å². The minimum absolute atomic E-state index is 0.0811. The zero-order chi connectivity index (χ0) is 14.4. The van der Waals surface area contributed by atoms with E-state index in [1.807, 2.05) is 25.1 Å². The van der Waals surface area contributed by atoms with E-state index in [9.17, 15) is 14.4 Å². The first kappa shape index (κ1) is 15.4. The topological polar surface area (TPSA) is 63.2 Å². The molecular weight excluding hydrogens is 262 g/mol. The lowest BCUT2D eigenvalue weighted by atomic mass is 10.2. The van der Waals surface area contributed by atoms with Crippen LogP contribution in [0.5, 0.6) is 0 Å². The lowest BCUT2D eigenvalue weighted by Gasteiger charge is -2.10. The molecule has 0 aliphatic carbocycles. The van der Waals surface area contributed by atoms with Gasteiger partial charge in [0.1, 0.15) is 16.8 Å². The van der Waals surface area contributed by atoms with Gasteiger partial charge in [0.2, 0.25) is 5.91 Å². The number of benzene rings is 1. The van der Waals surface area contributed by atoms with Gasteiger partial charge in [-0.2, -0.15) is 0 Å². The minimum atomic E-state index is -0.747.